The highest BCUT2D eigenvalue weighted by molar-refractivity contribution is 7.86. The molecule has 116 valence electrons. The van der Waals surface area contributed by atoms with Crippen molar-refractivity contribution in [3.63, 3.8) is 0 Å². The van der Waals surface area contributed by atoms with Crippen LogP contribution in [-0.4, -0.2) is 19.8 Å². The minimum atomic E-state index is -2.01. The quantitative estimate of drug-likeness (QED) is 0.638. The lowest BCUT2D eigenvalue weighted by molar-refractivity contribution is -0.00129. The molecule has 21 heavy (non-hydrogen) atoms. The Balaban J connectivity index is 2.10. The normalized spacial score (nSPS) is 35.8. The SMILES string of the molecule is O=S1C2CCCC1CC(O)(c1c(F)c(F)cc(F)c1F)C2. The highest BCUT2D eigenvalue weighted by Gasteiger charge is 2.49. The van der Waals surface area contributed by atoms with E-state index < -0.39 is 55.7 Å². The first-order valence-corrected chi connectivity index (χ1v) is 8.06. The van der Waals surface area contributed by atoms with E-state index in [1.165, 1.54) is 0 Å². The largest absolute Gasteiger partial charge is 0.385 e. The molecule has 2 aliphatic heterocycles. The van der Waals surface area contributed by atoms with Gasteiger partial charge in [0, 0.05) is 27.4 Å². The molecule has 2 heterocycles. The van der Waals surface area contributed by atoms with Crippen LogP contribution in [0.15, 0.2) is 6.07 Å². The molecule has 2 aliphatic rings. The van der Waals surface area contributed by atoms with Crippen molar-refractivity contribution in [2.24, 2.45) is 0 Å². The van der Waals surface area contributed by atoms with E-state index in [2.05, 4.69) is 0 Å². The topological polar surface area (TPSA) is 37.3 Å². The summed E-state index contributed by atoms with van der Waals surface area (Å²) in [6.07, 6.45) is 1.69. The molecule has 7 heteroatoms. The standard InChI is InChI=1S/C14H14F4O2S/c15-9-4-10(16)13(18)11(12(9)17)14(19)5-7-2-1-3-8(6-14)21(7)20/h4,7-8,19H,1-3,5-6H2. The highest BCUT2D eigenvalue weighted by atomic mass is 32.2. The van der Waals surface area contributed by atoms with Gasteiger partial charge in [0.2, 0.25) is 0 Å². The van der Waals surface area contributed by atoms with Crippen molar-refractivity contribution in [3.8, 4) is 0 Å². The van der Waals surface area contributed by atoms with Crippen molar-refractivity contribution < 1.29 is 26.9 Å². The average Bonchev–Trinajstić information content (AvgIpc) is 2.39. The molecule has 0 radical (unpaired) electrons. The van der Waals surface area contributed by atoms with Gasteiger partial charge >= 0.3 is 0 Å². The molecule has 1 aromatic rings. The molecule has 3 rings (SSSR count). The lowest BCUT2D eigenvalue weighted by Gasteiger charge is -2.43. The fourth-order valence-electron chi connectivity index (χ4n) is 3.47. The van der Waals surface area contributed by atoms with Crippen LogP contribution in [0, 0.1) is 23.3 Å². The van der Waals surface area contributed by atoms with E-state index in [0.29, 0.717) is 12.8 Å². The van der Waals surface area contributed by atoms with Crippen molar-refractivity contribution in [3.05, 3.63) is 34.9 Å². The first-order chi connectivity index (χ1) is 9.83. The molecule has 0 aliphatic carbocycles. The number of fused-ring (bicyclic) bond motifs is 2. The fourth-order valence-corrected chi connectivity index (χ4v) is 5.69. The molecule has 2 bridgehead atoms. The van der Waals surface area contributed by atoms with Gasteiger partial charge < -0.3 is 5.11 Å². The van der Waals surface area contributed by atoms with Gasteiger partial charge in [-0.3, -0.25) is 4.21 Å². The van der Waals surface area contributed by atoms with Crippen LogP contribution in [-0.2, 0) is 16.4 Å². The Morgan fingerprint density at radius 2 is 1.52 bits per heavy atom. The molecule has 0 aromatic heterocycles. The molecule has 2 unspecified atom stereocenters. The second-order valence-electron chi connectivity index (χ2n) is 5.79. The molecule has 2 saturated heterocycles. The van der Waals surface area contributed by atoms with Gasteiger partial charge in [-0.15, -0.1) is 0 Å². The predicted octanol–water partition coefficient (Wildman–Crippen LogP) is 2.89. The fraction of sp³-hybridized carbons (Fsp3) is 0.571. The van der Waals surface area contributed by atoms with E-state index in [-0.39, 0.29) is 18.9 Å². The summed E-state index contributed by atoms with van der Waals surface area (Å²) < 4.78 is 66.7. The lowest BCUT2D eigenvalue weighted by Crippen LogP contribution is -2.48. The van der Waals surface area contributed by atoms with Gasteiger partial charge in [-0.1, -0.05) is 6.42 Å². The zero-order valence-corrected chi connectivity index (χ0v) is 11.9. The van der Waals surface area contributed by atoms with Crippen molar-refractivity contribution in [2.75, 3.05) is 0 Å². The zero-order chi connectivity index (χ0) is 15.4. The molecule has 1 aromatic carbocycles. The summed E-state index contributed by atoms with van der Waals surface area (Å²) in [5, 5.41) is 9.84. The Bertz CT molecular complexity index is 577. The number of hydrogen-bond donors (Lipinski definition) is 1. The smallest absolute Gasteiger partial charge is 0.168 e. The number of hydrogen-bond acceptors (Lipinski definition) is 2. The molecule has 0 spiro atoms. The summed E-state index contributed by atoms with van der Waals surface area (Å²) in [5.74, 6) is -6.20. The highest BCUT2D eigenvalue weighted by Crippen LogP contribution is 2.46. The molecule has 2 atom stereocenters. The molecular weight excluding hydrogens is 308 g/mol. The zero-order valence-electron chi connectivity index (χ0n) is 11.0. The number of benzene rings is 1. The van der Waals surface area contributed by atoms with Gasteiger partial charge in [-0.25, -0.2) is 17.6 Å². The van der Waals surface area contributed by atoms with E-state index in [0.717, 1.165) is 6.42 Å². The van der Waals surface area contributed by atoms with Gasteiger partial charge in [0.25, 0.3) is 0 Å². The number of rotatable bonds is 1. The van der Waals surface area contributed by atoms with Gasteiger partial charge in [0.15, 0.2) is 23.3 Å². The maximum Gasteiger partial charge on any atom is 0.168 e. The average molecular weight is 322 g/mol. The third-order valence-corrected chi connectivity index (χ3v) is 6.54. The van der Waals surface area contributed by atoms with Gasteiger partial charge in [0.1, 0.15) is 0 Å². The monoisotopic (exact) mass is 322 g/mol. The molecule has 1 N–H and O–H groups in total. The molecule has 0 saturated carbocycles. The maximum absolute atomic E-state index is 13.9. The summed E-state index contributed by atoms with van der Waals surface area (Å²) >= 11 is 0. The Labute approximate surface area is 121 Å². The van der Waals surface area contributed by atoms with Crippen LogP contribution in [0.5, 0.6) is 0 Å². The van der Waals surface area contributed by atoms with Gasteiger partial charge in [-0.2, -0.15) is 0 Å². The molecular formula is C14H14F4O2S. The van der Waals surface area contributed by atoms with Crippen molar-refractivity contribution >= 4 is 10.8 Å². The van der Waals surface area contributed by atoms with Crippen molar-refractivity contribution in [2.45, 2.75) is 48.2 Å². The number of halogens is 4. The van der Waals surface area contributed by atoms with Crippen LogP contribution in [0.3, 0.4) is 0 Å². The minimum Gasteiger partial charge on any atom is -0.385 e. The van der Waals surface area contributed by atoms with Crippen LogP contribution < -0.4 is 0 Å². The van der Waals surface area contributed by atoms with E-state index in [4.69, 9.17) is 0 Å². The van der Waals surface area contributed by atoms with Crippen LogP contribution in [0.4, 0.5) is 17.6 Å². The van der Waals surface area contributed by atoms with E-state index in [1.54, 1.807) is 0 Å². The molecule has 2 fully saturated rings. The lowest BCUT2D eigenvalue weighted by atomic mass is 9.80. The van der Waals surface area contributed by atoms with Gasteiger partial charge in [-0.05, 0) is 25.7 Å². The van der Waals surface area contributed by atoms with E-state index >= 15 is 0 Å². The van der Waals surface area contributed by atoms with Crippen LogP contribution in [0.25, 0.3) is 0 Å². The Morgan fingerprint density at radius 1 is 1.05 bits per heavy atom. The first kappa shape index (κ1) is 15.0. The van der Waals surface area contributed by atoms with Gasteiger partial charge in [0.05, 0.1) is 11.2 Å². The predicted molar refractivity (Wildman–Crippen MR) is 69.0 cm³/mol. The second kappa shape index (κ2) is 5.05. The summed E-state index contributed by atoms with van der Waals surface area (Å²) in [5.41, 5.74) is -2.98. The third kappa shape index (κ3) is 2.30. The summed E-state index contributed by atoms with van der Waals surface area (Å²) in [6, 6.07) is 0.124. The second-order valence-corrected chi connectivity index (χ2v) is 7.78. The first-order valence-electron chi connectivity index (χ1n) is 6.79. The van der Waals surface area contributed by atoms with Crippen LogP contribution >= 0.6 is 0 Å². The third-order valence-electron chi connectivity index (χ3n) is 4.42. The van der Waals surface area contributed by atoms with E-state index in [9.17, 15) is 26.9 Å². The Morgan fingerprint density at radius 3 is 2.00 bits per heavy atom. The van der Waals surface area contributed by atoms with Crippen molar-refractivity contribution in [1.82, 2.24) is 0 Å². The summed E-state index contributed by atoms with van der Waals surface area (Å²) in [7, 11) is -1.17. The van der Waals surface area contributed by atoms with E-state index in [1.807, 2.05) is 0 Å². The van der Waals surface area contributed by atoms with Crippen LogP contribution in [0.2, 0.25) is 0 Å². The number of aliphatic hydroxyl groups is 1. The summed E-state index contributed by atoms with van der Waals surface area (Å²) in [4.78, 5) is 0. The van der Waals surface area contributed by atoms with Crippen molar-refractivity contribution in [1.29, 1.82) is 0 Å². The molecule has 0 amide bonds. The Kier molecular flexibility index (Phi) is 3.60. The Hall–Kier alpha value is -0.950. The minimum absolute atomic E-state index is 0.124. The maximum atomic E-state index is 13.9. The molecule has 2 nitrogen and oxygen atoms in total. The van der Waals surface area contributed by atoms with Crippen LogP contribution in [0.1, 0.15) is 37.7 Å². The summed E-state index contributed by atoms with van der Waals surface area (Å²) in [6.45, 7) is 0.